The number of methoxy groups -OCH3 is 1. The maximum Gasteiger partial charge on any atom is 0.119 e. The van der Waals surface area contributed by atoms with Gasteiger partial charge in [-0.15, -0.1) is 0 Å². The summed E-state index contributed by atoms with van der Waals surface area (Å²) in [5, 5.41) is 0. The molecular formula is C23H28N2O. The lowest BCUT2D eigenvalue weighted by molar-refractivity contribution is 0.415. The number of nitrogens with zero attached hydrogens (tertiary/aromatic N) is 2. The Bertz CT molecular complexity index is 832. The summed E-state index contributed by atoms with van der Waals surface area (Å²) >= 11 is 0. The number of benzene rings is 2. The number of anilines is 1. The summed E-state index contributed by atoms with van der Waals surface area (Å²) in [6.45, 7) is 10.1. The van der Waals surface area contributed by atoms with Crippen LogP contribution in [-0.4, -0.2) is 25.4 Å². The van der Waals surface area contributed by atoms with E-state index in [-0.39, 0.29) is 5.54 Å². The first kappa shape index (κ1) is 18.2. The van der Waals surface area contributed by atoms with Crippen molar-refractivity contribution in [2.45, 2.75) is 39.7 Å². The zero-order chi connectivity index (χ0) is 18.7. The van der Waals surface area contributed by atoms with Crippen molar-refractivity contribution in [1.29, 1.82) is 0 Å². The van der Waals surface area contributed by atoms with Crippen molar-refractivity contribution >= 4 is 23.2 Å². The molecule has 0 fully saturated rings. The Kier molecular flexibility index (Phi) is 5.17. The van der Waals surface area contributed by atoms with Crippen molar-refractivity contribution in [1.82, 2.24) is 0 Å². The van der Waals surface area contributed by atoms with Gasteiger partial charge in [-0.05, 0) is 74.7 Å². The van der Waals surface area contributed by atoms with Crippen LogP contribution in [0.1, 0.15) is 45.2 Å². The van der Waals surface area contributed by atoms with Crippen molar-refractivity contribution < 1.29 is 4.74 Å². The lowest BCUT2D eigenvalue weighted by atomic mass is 9.88. The lowest BCUT2D eigenvalue weighted by Gasteiger charge is -2.43. The monoisotopic (exact) mass is 348 g/mol. The minimum atomic E-state index is 0.0474. The SMILES string of the molecule is CCCN1c2ccc(C=Nc3ccc(OC)cc3)cc2C(C)=CC1(C)C. The molecule has 26 heavy (non-hydrogen) atoms. The second kappa shape index (κ2) is 7.36. The second-order valence-corrected chi connectivity index (χ2v) is 7.37. The van der Waals surface area contributed by atoms with Crippen molar-refractivity contribution in [2.24, 2.45) is 4.99 Å². The van der Waals surface area contributed by atoms with E-state index >= 15 is 0 Å². The van der Waals surface area contributed by atoms with Crippen LogP contribution in [0.25, 0.3) is 5.57 Å². The highest BCUT2D eigenvalue weighted by Crippen LogP contribution is 2.39. The molecule has 0 saturated heterocycles. The fourth-order valence-electron chi connectivity index (χ4n) is 3.63. The quantitative estimate of drug-likeness (QED) is 0.632. The third-order valence-electron chi connectivity index (χ3n) is 4.88. The molecule has 0 saturated carbocycles. The van der Waals surface area contributed by atoms with Gasteiger partial charge in [0.15, 0.2) is 0 Å². The molecule has 2 aromatic rings. The molecule has 0 atom stereocenters. The van der Waals surface area contributed by atoms with Gasteiger partial charge in [0.25, 0.3) is 0 Å². The van der Waals surface area contributed by atoms with E-state index in [2.05, 4.69) is 61.9 Å². The van der Waals surface area contributed by atoms with Crippen LogP contribution < -0.4 is 9.64 Å². The van der Waals surface area contributed by atoms with Crippen LogP contribution in [0.4, 0.5) is 11.4 Å². The van der Waals surface area contributed by atoms with Crippen LogP contribution in [0.5, 0.6) is 5.75 Å². The zero-order valence-corrected chi connectivity index (χ0v) is 16.4. The molecule has 0 amide bonds. The molecule has 3 nitrogen and oxygen atoms in total. The zero-order valence-electron chi connectivity index (χ0n) is 16.4. The molecule has 1 aliphatic rings. The molecule has 0 bridgehead atoms. The summed E-state index contributed by atoms with van der Waals surface area (Å²) in [6, 6.07) is 14.4. The Morgan fingerprint density at radius 2 is 1.85 bits per heavy atom. The molecule has 2 aromatic carbocycles. The molecule has 0 aliphatic carbocycles. The maximum absolute atomic E-state index is 5.19. The molecule has 3 rings (SSSR count). The summed E-state index contributed by atoms with van der Waals surface area (Å²) in [5.74, 6) is 0.845. The molecule has 0 spiro atoms. The fourth-order valence-corrected chi connectivity index (χ4v) is 3.63. The molecule has 1 heterocycles. The number of hydrogen-bond acceptors (Lipinski definition) is 3. The van der Waals surface area contributed by atoms with Crippen LogP contribution in [0.3, 0.4) is 0 Å². The molecule has 3 heteroatoms. The van der Waals surface area contributed by atoms with E-state index < -0.39 is 0 Å². The van der Waals surface area contributed by atoms with Crippen molar-refractivity contribution in [3.05, 3.63) is 59.7 Å². The smallest absolute Gasteiger partial charge is 0.119 e. The van der Waals surface area contributed by atoms with Crippen LogP contribution in [0, 0.1) is 0 Å². The van der Waals surface area contributed by atoms with Crippen LogP contribution in [0.15, 0.2) is 53.5 Å². The van der Waals surface area contributed by atoms with E-state index in [0.717, 1.165) is 30.0 Å². The Balaban J connectivity index is 1.90. The molecule has 0 radical (unpaired) electrons. The average molecular weight is 348 g/mol. The van der Waals surface area contributed by atoms with Gasteiger partial charge >= 0.3 is 0 Å². The number of aliphatic imine (C=N–C) groups is 1. The van der Waals surface area contributed by atoms with Gasteiger partial charge < -0.3 is 9.64 Å². The van der Waals surface area contributed by atoms with Gasteiger partial charge in [-0.25, -0.2) is 0 Å². The van der Waals surface area contributed by atoms with Gasteiger partial charge in [0.1, 0.15) is 5.75 Å². The Labute approximate surface area is 157 Å². The minimum absolute atomic E-state index is 0.0474. The molecule has 0 aromatic heterocycles. The van der Waals surface area contributed by atoms with Gasteiger partial charge in [0.2, 0.25) is 0 Å². The second-order valence-electron chi connectivity index (χ2n) is 7.37. The normalized spacial score (nSPS) is 15.7. The summed E-state index contributed by atoms with van der Waals surface area (Å²) in [5.41, 5.74) is 6.03. The molecular weight excluding hydrogens is 320 g/mol. The Hall–Kier alpha value is -2.55. The third-order valence-corrected chi connectivity index (χ3v) is 4.88. The van der Waals surface area contributed by atoms with E-state index in [1.165, 1.54) is 16.8 Å². The first-order valence-corrected chi connectivity index (χ1v) is 9.24. The predicted octanol–water partition coefficient (Wildman–Crippen LogP) is 5.86. The average Bonchev–Trinajstić information content (AvgIpc) is 2.63. The third kappa shape index (κ3) is 3.67. The van der Waals surface area contributed by atoms with Gasteiger partial charge in [-0.3, -0.25) is 4.99 Å². The van der Waals surface area contributed by atoms with Crippen LogP contribution >= 0.6 is 0 Å². The number of allylic oxidation sites excluding steroid dienone is 1. The standard InChI is InChI=1S/C23H28N2O/c1-6-13-25-22-12-7-18(14-21(22)17(2)15-23(25,3)4)16-24-19-8-10-20(26-5)11-9-19/h7-12,14-16H,6,13H2,1-5H3. The summed E-state index contributed by atoms with van der Waals surface area (Å²) < 4.78 is 5.19. The van der Waals surface area contributed by atoms with Crippen LogP contribution in [-0.2, 0) is 0 Å². The maximum atomic E-state index is 5.19. The fraction of sp³-hybridized carbons (Fsp3) is 0.348. The Morgan fingerprint density at radius 1 is 1.12 bits per heavy atom. The molecule has 136 valence electrons. The van der Waals surface area contributed by atoms with Gasteiger partial charge in [-0.1, -0.05) is 19.1 Å². The van der Waals surface area contributed by atoms with Crippen LogP contribution in [0.2, 0.25) is 0 Å². The van der Waals surface area contributed by atoms with E-state index in [1.54, 1.807) is 7.11 Å². The summed E-state index contributed by atoms with van der Waals surface area (Å²) in [4.78, 5) is 7.10. The van der Waals surface area contributed by atoms with Gasteiger partial charge in [0.05, 0.1) is 18.3 Å². The van der Waals surface area contributed by atoms with Crippen molar-refractivity contribution in [2.75, 3.05) is 18.6 Å². The van der Waals surface area contributed by atoms with E-state index in [9.17, 15) is 0 Å². The number of ether oxygens (including phenoxy) is 1. The molecule has 1 aliphatic heterocycles. The minimum Gasteiger partial charge on any atom is -0.497 e. The molecule has 0 unspecified atom stereocenters. The van der Waals surface area contributed by atoms with E-state index in [4.69, 9.17) is 4.74 Å². The van der Waals surface area contributed by atoms with E-state index in [1.807, 2.05) is 30.5 Å². The summed E-state index contributed by atoms with van der Waals surface area (Å²) in [6.07, 6.45) is 5.44. The van der Waals surface area contributed by atoms with Gasteiger partial charge in [-0.2, -0.15) is 0 Å². The first-order chi connectivity index (χ1) is 12.4. The highest BCUT2D eigenvalue weighted by Gasteiger charge is 2.30. The predicted molar refractivity (Wildman–Crippen MR) is 112 cm³/mol. The largest absolute Gasteiger partial charge is 0.497 e. The number of rotatable bonds is 5. The highest BCUT2D eigenvalue weighted by molar-refractivity contribution is 5.88. The highest BCUT2D eigenvalue weighted by atomic mass is 16.5. The van der Waals surface area contributed by atoms with E-state index in [0.29, 0.717) is 0 Å². The Morgan fingerprint density at radius 3 is 2.50 bits per heavy atom. The topological polar surface area (TPSA) is 24.8 Å². The summed E-state index contributed by atoms with van der Waals surface area (Å²) in [7, 11) is 1.67. The van der Waals surface area contributed by atoms with Crippen molar-refractivity contribution in [3.63, 3.8) is 0 Å². The number of hydrogen-bond donors (Lipinski definition) is 0. The van der Waals surface area contributed by atoms with Gasteiger partial charge in [0, 0.05) is 24.0 Å². The first-order valence-electron chi connectivity index (χ1n) is 9.24. The number of fused-ring (bicyclic) bond motifs is 1. The van der Waals surface area contributed by atoms with Crippen molar-refractivity contribution in [3.8, 4) is 5.75 Å². The lowest BCUT2D eigenvalue weighted by Crippen LogP contribution is -2.45. The molecule has 0 N–H and O–H groups in total.